The molecule has 1 atom stereocenters. The van der Waals surface area contributed by atoms with Gasteiger partial charge in [-0.2, -0.15) is 0 Å². The lowest BCUT2D eigenvalue weighted by Gasteiger charge is -2.16. The number of primary amides is 1. The number of nitrogens with zero attached hydrogens (tertiary/aromatic N) is 1. The molecule has 1 aliphatic rings. The van der Waals surface area contributed by atoms with Crippen molar-refractivity contribution in [2.45, 2.75) is 19.3 Å². The lowest BCUT2D eigenvalue weighted by Crippen LogP contribution is -2.31. The zero-order chi connectivity index (χ0) is 16.9. The predicted molar refractivity (Wildman–Crippen MR) is 92.6 cm³/mol. The van der Waals surface area contributed by atoms with E-state index < -0.39 is 0 Å². The molecule has 0 spiro atoms. The van der Waals surface area contributed by atoms with Crippen LogP contribution < -0.4 is 10.5 Å². The summed E-state index contributed by atoms with van der Waals surface area (Å²) in [5.74, 6) is 0.404. The Hall–Kier alpha value is -2.56. The predicted octanol–water partition coefficient (Wildman–Crippen LogP) is 2.33. The lowest BCUT2D eigenvalue weighted by atomic mass is 10.1. The summed E-state index contributed by atoms with van der Waals surface area (Å²) in [7, 11) is 0. The minimum Gasteiger partial charge on any atom is -0.493 e. The third-order valence-corrected chi connectivity index (χ3v) is 4.49. The second-order valence-corrected chi connectivity index (χ2v) is 6.16. The first-order chi connectivity index (χ1) is 11.6. The molecule has 0 saturated carbocycles. The van der Waals surface area contributed by atoms with Gasteiger partial charge in [0.2, 0.25) is 11.8 Å². The van der Waals surface area contributed by atoms with E-state index in [0.717, 1.165) is 16.5 Å². The third kappa shape index (κ3) is 3.67. The van der Waals surface area contributed by atoms with Gasteiger partial charge in [-0.3, -0.25) is 9.59 Å². The van der Waals surface area contributed by atoms with Crippen molar-refractivity contribution >= 4 is 22.6 Å². The molecule has 5 nitrogen and oxygen atoms in total. The van der Waals surface area contributed by atoms with Crippen LogP contribution in [0.2, 0.25) is 0 Å². The van der Waals surface area contributed by atoms with Crippen LogP contribution in [-0.2, 0) is 9.59 Å². The van der Waals surface area contributed by atoms with Crippen molar-refractivity contribution in [2.75, 3.05) is 19.7 Å². The first-order valence-electron chi connectivity index (χ1n) is 8.33. The Bertz CT molecular complexity index is 739. The van der Waals surface area contributed by atoms with Crippen molar-refractivity contribution in [3.63, 3.8) is 0 Å². The molecule has 126 valence electrons. The average molecular weight is 326 g/mol. The monoisotopic (exact) mass is 326 g/mol. The summed E-state index contributed by atoms with van der Waals surface area (Å²) < 4.78 is 5.85. The Morgan fingerprint density at radius 3 is 2.75 bits per heavy atom. The van der Waals surface area contributed by atoms with Gasteiger partial charge in [0.1, 0.15) is 5.75 Å². The summed E-state index contributed by atoms with van der Waals surface area (Å²) in [6.07, 6.45) is 1.75. The fourth-order valence-electron chi connectivity index (χ4n) is 3.10. The summed E-state index contributed by atoms with van der Waals surface area (Å²) in [4.78, 5) is 25.0. The topological polar surface area (TPSA) is 72.6 Å². The Morgan fingerprint density at radius 1 is 1.17 bits per heavy atom. The molecule has 1 fully saturated rings. The quantitative estimate of drug-likeness (QED) is 0.828. The average Bonchev–Trinajstić information content (AvgIpc) is 3.09. The number of likely N-dealkylation sites (tertiary alicyclic amines) is 1. The minimum atomic E-state index is -0.315. The van der Waals surface area contributed by atoms with Crippen molar-refractivity contribution in [3.8, 4) is 5.75 Å². The minimum absolute atomic E-state index is 0.0697. The molecular formula is C19H22N2O3. The van der Waals surface area contributed by atoms with Crippen LogP contribution in [0.25, 0.3) is 10.8 Å². The third-order valence-electron chi connectivity index (χ3n) is 4.49. The van der Waals surface area contributed by atoms with Crippen LogP contribution in [0, 0.1) is 5.92 Å². The van der Waals surface area contributed by atoms with Gasteiger partial charge < -0.3 is 15.4 Å². The number of rotatable bonds is 6. The maximum absolute atomic E-state index is 12.2. The fraction of sp³-hybridized carbons (Fsp3) is 0.368. The highest BCUT2D eigenvalue weighted by molar-refractivity contribution is 5.88. The van der Waals surface area contributed by atoms with E-state index in [2.05, 4.69) is 0 Å². The largest absolute Gasteiger partial charge is 0.493 e. The van der Waals surface area contributed by atoms with Crippen molar-refractivity contribution in [1.29, 1.82) is 0 Å². The molecule has 2 aromatic rings. The molecule has 0 bridgehead atoms. The number of hydrogen-bond donors (Lipinski definition) is 1. The Morgan fingerprint density at radius 2 is 1.96 bits per heavy atom. The van der Waals surface area contributed by atoms with Crippen LogP contribution in [0.1, 0.15) is 19.3 Å². The molecule has 0 unspecified atom stereocenters. The number of ether oxygens (including phenoxy) is 1. The number of benzene rings is 2. The summed E-state index contributed by atoms with van der Waals surface area (Å²) >= 11 is 0. The SMILES string of the molecule is NC(=O)[C@@H]1CCN(C(=O)CCCOc2cccc3ccccc23)C1. The molecule has 0 aliphatic carbocycles. The van der Waals surface area contributed by atoms with E-state index in [-0.39, 0.29) is 17.7 Å². The van der Waals surface area contributed by atoms with E-state index in [9.17, 15) is 9.59 Å². The number of nitrogens with two attached hydrogens (primary N) is 1. The zero-order valence-corrected chi connectivity index (χ0v) is 13.6. The van der Waals surface area contributed by atoms with Crippen molar-refractivity contribution in [2.24, 2.45) is 11.7 Å². The maximum atomic E-state index is 12.2. The van der Waals surface area contributed by atoms with Gasteiger partial charge in [0.05, 0.1) is 12.5 Å². The molecular weight excluding hydrogens is 304 g/mol. The summed E-state index contributed by atoms with van der Waals surface area (Å²) in [6.45, 7) is 1.57. The molecule has 5 heteroatoms. The molecule has 1 aliphatic heterocycles. The van der Waals surface area contributed by atoms with Crippen LogP contribution in [-0.4, -0.2) is 36.4 Å². The maximum Gasteiger partial charge on any atom is 0.222 e. The second kappa shape index (κ2) is 7.34. The Kier molecular flexibility index (Phi) is 4.99. The Balaban J connectivity index is 1.47. The van der Waals surface area contributed by atoms with Crippen LogP contribution in [0.4, 0.5) is 0 Å². The summed E-state index contributed by atoms with van der Waals surface area (Å²) in [5.41, 5.74) is 5.29. The molecule has 0 radical (unpaired) electrons. The van der Waals surface area contributed by atoms with E-state index in [1.165, 1.54) is 0 Å². The van der Waals surface area contributed by atoms with Crippen LogP contribution >= 0.6 is 0 Å². The molecule has 1 heterocycles. The first-order valence-corrected chi connectivity index (χ1v) is 8.33. The number of fused-ring (bicyclic) bond motifs is 1. The van der Waals surface area contributed by atoms with E-state index in [1.54, 1.807) is 4.90 Å². The first kappa shape index (κ1) is 16.3. The zero-order valence-electron chi connectivity index (χ0n) is 13.6. The highest BCUT2D eigenvalue weighted by Gasteiger charge is 2.29. The number of amides is 2. The smallest absolute Gasteiger partial charge is 0.222 e. The normalized spacial score (nSPS) is 17.2. The molecule has 1 saturated heterocycles. The molecule has 2 aromatic carbocycles. The van der Waals surface area contributed by atoms with Crippen LogP contribution in [0.3, 0.4) is 0 Å². The van der Waals surface area contributed by atoms with Gasteiger partial charge in [-0.25, -0.2) is 0 Å². The highest BCUT2D eigenvalue weighted by Crippen LogP contribution is 2.25. The van der Waals surface area contributed by atoms with Gasteiger partial charge in [-0.1, -0.05) is 36.4 Å². The van der Waals surface area contributed by atoms with Crippen LogP contribution in [0.5, 0.6) is 5.75 Å². The van der Waals surface area contributed by atoms with Gasteiger partial charge in [0.15, 0.2) is 0 Å². The standard InChI is InChI=1S/C19H22N2O3/c20-19(23)15-10-11-21(13-15)18(22)9-4-12-24-17-8-3-6-14-5-1-2-7-16(14)17/h1-3,5-8,15H,4,9-13H2,(H2,20,23)/t15-/m1/s1. The van der Waals surface area contributed by atoms with Crippen molar-refractivity contribution in [1.82, 2.24) is 4.90 Å². The van der Waals surface area contributed by atoms with Crippen molar-refractivity contribution < 1.29 is 14.3 Å². The van der Waals surface area contributed by atoms with E-state index in [1.807, 2.05) is 42.5 Å². The number of hydrogen-bond acceptors (Lipinski definition) is 3. The molecule has 2 amide bonds. The number of carbonyl (C=O) groups excluding carboxylic acids is 2. The summed E-state index contributed by atoms with van der Waals surface area (Å²) in [5, 5.41) is 2.22. The molecule has 3 rings (SSSR count). The van der Waals surface area contributed by atoms with Gasteiger partial charge in [0, 0.05) is 24.9 Å². The fourth-order valence-corrected chi connectivity index (χ4v) is 3.10. The molecule has 24 heavy (non-hydrogen) atoms. The van der Waals surface area contributed by atoms with Gasteiger partial charge >= 0.3 is 0 Å². The lowest BCUT2D eigenvalue weighted by molar-refractivity contribution is -0.130. The summed E-state index contributed by atoms with van der Waals surface area (Å²) in [6, 6.07) is 14.0. The molecule has 0 aromatic heterocycles. The van der Waals surface area contributed by atoms with E-state index >= 15 is 0 Å². The molecule has 2 N–H and O–H groups in total. The van der Waals surface area contributed by atoms with Crippen LogP contribution in [0.15, 0.2) is 42.5 Å². The highest BCUT2D eigenvalue weighted by atomic mass is 16.5. The van der Waals surface area contributed by atoms with Gasteiger partial charge in [0.25, 0.3) is 0 Å². The van der Waals surface area contributed by atoms with E-state index in [4.69, 9.17) is 10.5 Å². The van der Waals surface area contributed by atoms with E-state index in [0.29, 0.717) is 39.0 Å². The van der Waals surface area contributed by atoms with Gasteiger partial charge in [-0.05, 0) is 24.3 Å². The Labute approximate surface area is 141 Å². The number of carbonyl (C=O) groups is 2. The van der Waals surface area contributed by atoms with Crippen molar-refractivity contribution in [3.05, 3.63) is 42.5 Å². The van der Waals surface area contributed by atoms with Gasteiger partial charge in [-0.15, -0.1) is 0 Å². The second-order valence-electron chi connectivity index (χ2n) is 6.16.